The molecular formula is C19H32N2O2. The molecule has 1 aromatic rings. The van der Waals surface area contributed by atoms with Crippen LogP contribution in [0.5, 0.6) is 0 Å². The van der Waals surface area contributed by atoms with Crippen LogP contribution in [0, 0.1) is 0 Å². The van der Waals surface area contributed by atoms with Gasteiger partial charge in [0.1, 0.15) is 5.60 Å². The van der Waals surface area contributed by atoms with Gasteiger partial charge in [-0.05, 0) is 45.6 Å². The van der Waals surface area contributed by atoms with Crippen molar-refractivity contribution in [1.82, 2.24) is 10.6 Å². The minimum Gasteiger partial charge on any atom is -0.444 e. The van der Waals surface area contributed by atoms with E-state index in [2.05, 4.69) is 48.7 Å². The van der Waals surface area contributed by atoms with Crippen molar-refractivity contribution in [3.05, 3.63) is 35.9 Å². The number of benzene rings is 1. The predicted octanol–water partition coefficient (Wildman–Crippen LogP) is 3.90. The molecule has 2 unspecified atom stereocenters. The van der Waals surface area contributed by atoms with Gasteiger partial charge < -0.3 is 15.4 Å². The molecule has 0 aromatic heterocycles. The minimum absolute atomic E-state index is 0.246. The highest BCUT2D eigenvalue weighted by atomic mass is 16.6. The normalized spacial score (nSPS) is 14.1. The van der Waals surface area contributed by atoms with Gasteiger partial charge in [-0.25, -0.2) is 4.79 Å². The zero-order valence-corrected chi connectivity index (χ0v) is 15.2. The van der Waals surface area contributed by atoms with Crippen LogP contribution in [0.1, 0.15) is 53.0 Å². The number of rotatable bonds is 8. The minimum atomic E-state index is -0.460. The molecule has 0 aliphatic heterocycles. The van der Waals surface area contributed by atoms with Crippen molar-refractivity contribution < 1.29 is 9.53 Å². The fourth-order valence-corrected chi connectivity index (χ4v) is 2.39. The number of carbonyl (C=O) groups is 1. The monoisotopic (exact) mass is 320 g/mol. The Morgan fingerprint density at radius 2 is 1.70 bits per heavy atom. The van der Waals surface area contributed by atoms with Gasteiger partial charge >= 0.3 is 6.09 Å². The van der Waals surface area contributed by atoms with Crippen LogP contribution in [0.2, 0.25) is 0 Å². The molecule has 4 heteroatoms. The summed E-state index contributed by atoms with van der Waals surface area (Å²) in [5, 5.41) is 6.51. The second-order valence-electron chi connectivity index (χ2n) is 6.95. The van der Waals surface area contributed by atoms with Crippen molar-refractivity contribution in [2.45, 2.75) is 71.6 Å². The summed E-state index contributed by atoms with van der Waals surface area (Å²) in [4.78, 5) is 11.8. The average molecular weight is 320 g/mol. The largest absolute Gasteiger partial charge is 0.444 e. The number of hydrogen-bond donors (Lipinski definition) is 2. The van der Waals surface area contributed by atoms with Crippen LogP contribution in [-0.2, 0) is 11.2 Å². The Bertz CT molecular complexity index is 454. The number of amides is 1. The third kappa shape index (κ3) is 8.60. The number of hydrogen-bond acceptors (Lipinski definition) is 3. The Morgan fingerprint density at radius 1 is 1.09 bits per heavy atom. The lowest BCUT2D eigenvalue weighted by Gasteiger charge is -2.26. The van der Waals surface area contributed by atoms with Crippen LogP contribution in [0.25, 0.3) is 0 Å². The van der Waals surface area contributed by atoms with Gasteiger partial charge in [0, 0.05) is 18.6 Å². The van der Waals surface area contributed by atoms with Crippen LogP contribution < -0.4 is 10.6 Å². The van der Waals surface area contributed by atoms with Crippen molar-refractivity contribution >= 4 is 6.09 Å². The van der Waals surface area contributed by atoms with Gasteiger partial charge in [0.2, 0.25) is 0 Å². The third-order valence-corrected chi connectivity index (χ3v) is 3.67. The standard InChI is InChI=1S/C19H32N2O2/c1-6-16(13-15-11-9-8-10-12-15)21-17(7-2)14-20-18(22)23-19(3,4)5/h8-12,16-17,21H,6-7,13-14H2,1-5H3,(H,20,22). The molecular weight excluding hydrogens is 288 g/mol. The fraction of sp³-hybridized carbons (Fsp3) is 0.632. The van der Waals surface area contributed by atoms with Gasteiger partial charge in [0.15, 0.2) is 0 Å². The summed E-state index contributed by atoms with van der Waals surface area (Å²) in [6.45, 7) is 10.5. The average Bonchev–Trinajstić information content (AvgIpc) is 2.49. The van der Waals surface area contributed by atoms with Crippen molar-refractivity contribution in [3.8, 4) is 0 Å². The van der Waals surface area contributed by atoms with E-state index in [1.807, 2.05) is 26.8 Å². The molecule has 4 nitrogen and oxygen atoms in total. The summed E-state index contributed by atoms with van der Waals surface area (Å²) in [5.41, 5.74) is 0.875. The Kier molecular flexibility index (Phi) is 8.10. The molecule has 1 amide bonds. The lowest BCUT2D eigenvalue weighted by atomic mass is 10.0. The molecule has 0 heterocycles. The SMILES string of the molecule is CCC(CNC(=O)OC(C)(C)C)NC(CC)Cc1ccccc1. The van der Waals surface area contributed by atoms with Crippen LogP contribution in [-0.4, -0.2) is 30.3 Å². The molecule has 23 heavy (non-hydrogen) atoms. The molecule has 0 radical (unpaired) electrons. The first-order valence-corrected chi connectivity index (χ1v) is 8.60. The Balaban J connectivity index is 2.45. The maximum absolute atomic E-state index is 11.8. The van der Waals surface area contributed by atoms with E-state index in [4.69, 9.17) is 4.74 Å². The molecule has 0 bridgehead atoms. The molecule has 0 aliphatic rings. The maximum atomic E-state index is 11.8. The van der Waals surface area contributed by atoms with Crippen molar-refractivity contribution in [1.29, 1.82) is 0 Å². The van der Waals surface area contributed by atoms with E-state index in [9.17, 15) is 4.79 Å². The summed E-state index contributed by atoms with van der Waals surface area (Å²) < 4.78 is 5.28. The summed E-state index contributed by atoms with van der Waals surface area (Å²) >= 11 is 0. The van der Waals surface area contributed by atoms with E-state index >= 15 is 0 Å². The Morgan fingerprint density at radius 3 is 2.22 bits per heavy atom. The molecule has 2 N–H and O–H groups in total. The zero-order chi connectivity index (χ0) is 17.3. The van der Waals surface area contributed by atoms with E-state index < -0.39 is 5.60 Å². The number of ether oxygens (including phenoxy) is 1. The van der Waals surface area contributed by atoms with E-state index in [-0.39, 0.29) is 12.1 Å². The lowest BCUT2D eigenvalue weighted by molar-refractivity contribution is 0.0521. The second kappa shape index (κ2) is 9.56. The van der Waals surface area contributed by atoms with Crippen molar-refractivity contribution in [2.75, 3.05) is 6.54 Å². The van der Waals surface area contributed by atoms with Gasteiger partial charge in [-0.3, -0.25) is 0 Å². The topological polar surface area (TPSA) is 50.4 Å². The zero-order valence-electron chi connectivity index (χ0n) is 15.2. The molecule has 2 atom stereocenters. The predicted molar refractivity (Wildman–Crippen MR) is 95.7 cm³/mol. The van der Waals surface area contributed by atoms with Crippen LogP contribution in [0.3, 0.4) is 0 Å². The summed E-state index contributed by atoms with van der Waals surface area (Å²) in [6, 6.07) is 11.2. The second-order valence-corrected chi connectivity index (χ2v) is 6.95. The molecule has 0 saturated heterocycles. The summed E-state index contributed by atoms with van der Waals surface area (Å²) in [6.07, 6.45) is 2.66. The Labute approximate surface area is 141 Å². The van der Waals surface area contributed by atoms with Crippen LogP contribution in [0.15, 0.2) is 30.3 Å². The van der Waals surface area contributed by atoms with Gasteiger partial charge in [-0.15, -0.1) is 0 Å². The van der Waals surface area contributed by atoms with E-state index in [1.165, 1.54) is 5.56 Å². The highest BCUT2D eigenvalue weighted by molar-refractivity contribution is 5.67. The molecule has 0 spiro atoms. The first-order chi connectivity index (χ1) is 10.8. The first kappa shape index (κ1) is 19.5. The number of alkyl carbamates (subject to hydrolysis) is 1. The summed E-state index contributed by atoms with van der Waals surface area (Å²) in [5.74, 6) is 0. The molecule has 130 valence electrons. The smallest absolute Gasteiger partial charge is 0.407 e. The maximum Gasteiger partial charge on any atom is 0.407 e. The highest BCUT2D eigenvalue weighted by Gasteiger charge is 2.18. The molecule has 1 aromatic carbocycles. The van der Waals surface area contributed by atoms with E-state index in [1.54, 1.807) is 0 Å². The molecule has 0 aliphatic carbocycles. The number of carbonyl (C=O) groups excluding carboxylic acids is 1. The van der Waals surface area contributed by atoms with Gasteiger partial charge in [-0.2, -0.15) is 0 Å². The molecule has 1 rings (SSSR count). The quantitative estimate of drug-likeness (QED) is 0.764. The molecule has 0 fully saturated rings. The third-order valence-electron chi connectivity index (χ3n) is 3.67. The highest BCUT2D eigenvalue weighted by Crippen LogP contribution is 2.08. The lowest BCUT2D eigenvalue weighted by Crippen LogP contribution is -2.46. The Hall–Kier alpha value is -1.55. The van der Waals surface area contributed by atoms with E-state index in [0.29, 0.717) is 12.6 Å². The summed E-state index contributed by atoms with van der Waals surface area (Å²) in [7, 11) is 0. The van der Waals surface area contributed by atoms with Gasteiger partial charge in [-0.1, -0.05) is 44.2 Å². The van der Waals surface area contributed by atoms with E-state index in [0.717, 1.165) is 19.3 Å². The van der Waals surface area contributed by atoms with Gasteiger partial charge in [0.05, 0.1) is 0 Å². The number of nitrogens with one attached hydrogen (secondary N) is 2. The van der Waals surface area contributed by atoms with Gasteiger partial charge in [0.25, 0.3) is 0 Å². The van der Waals surface area contributed by atoms with Crippen molar-refractivity contribution in [2.24, 2.45) is 0 Å². The van der Waals surface area contributed by atoms with Crippen LogP contribution >= 0.6 is 0 Å². The van der Waals surface area contributed by atoms with Crippen molar-refractivity contribution in [3.63, 3.8) is 0 Å². The fourth-order valence-electron chi connectivity index (χ4n) is 2.39. The molecule has 0 saturated carbocycles. The first-order valence-electron chi connectivity index (χ1n) is 8.60. The van der Waals surface area contributed by atoms with Crippen LogP contribution in [0.4, 0.5) is 4.79 Å².